The van der Waals surface area contributed by atoms with E-state index in [0.29, 0.717) is 12.2 Å². The van der Waals surface area contributed by atoms with E-state index in [4.69, 9.17) is 9.88 Å². The second kappa shape index (κ2) is 4.94. The summed E-state index contributed by atoms with van der Waals surface area (Å²) in [6, 6.07) is 0. The van der Waals surface area contributed by atoms with Gasteiger partial charge in [0.2, 0.25) is 10.0 Å². The quantitative estimate of drug-likeness (QED) is 0.829. The summed E-state index contributed by atoms with van der Waals surface area (Å²) in [7, 11) is -3.76. The van der Waals surface area contributed by atoms with Crippen molar-refractivity contribution in [2.45, 2.75) is 24.5 Å². The van der Waals surface area contributed by atoms with Gasteiger partial charge in [-0.3, -0.25) is 0 Å². The average molecular weight is 263 g/mol. The fraction of sp³-hybridized carbons (Fsp3) is 0.444. The van der Waals surface area contributed by atoms with Crippen molar-refractivity contribution in [2.24, 2.45) is 5.14 Å². The number of thiophene rings is 1. The molecule has 1 aromatic heterocycles. The lowest BCUT2D eigenvalue weighted by Crippen LogP contribution is -2.13. The predicted molar refractivity (Wildman–Crippen MR) is 61.0 cm³/mol. The smallest absolute Gasteiger partial charge is 0.339 e. The zero-order valence-corrected chi connectivity index (χ0v) is 10.7. The van der Waals surface area contributed by atoms with Crippen molar-refractivity contribution in [3.63, 3.8) is 0 Å². The number of ether oxygens (including phenoxy) is 1. The molecule has 0 atom stereocenters. The van der Waals surface area contributed by atoms with E-state index in [0.717, 1.165) is 17.8 Å². The van der Waals surface area contributed by atoms with Crippen LogP contribution in [0.2, 0.25) is 0 Å². The molecule has 1 heterocycles. The van der Waals surface area contributed by atoms with Crippen molar-refractivity contribution >= 4 is 27.3 Å². The third-order valence-electron chi connectivity index (χ3n) is 1.91. The molecule has 0 aliphatic heterocycles. The maximum Gasteiger partial charge on any atom is 0.339 e. The number of carbonyl (C=O) groups is 1. The third-order valence-corrected chi connectivity index (χ3v) is 4.59. The number of sulfonamides is 1. The first-order valence-electron chi connectivity index (χ1n) is 4.66. The highest BCUT2D eigenvalue weighted by Gasteiger charge is 2.21. The number of rotatable bonds is 4. The Kier molecular flexibility index (Phi) is 4.06. The summed E-state index contributed by atoms with van der Waals surface area (Å²) in [5.74, 6) is -0.509. The van der Waals surface area contributed by atoms with E-state index in [-0.39, 0.29) is 9.77 Å². The molecule has 5 nitrogen and oxygen atoms in total. The van der Waals surface area contributed by atoms with Gasteiger partial charge in [0, 0.05) is 5.38 Å². The highest BCUT2D eigenvalue weighted by atomic mass is 32.2. The van der Waals surface area contributed by atoms with Crippen molar-refractivity contribution in [3.8, 4) is 0 Å². The molecule has 0 aliphatic carbocycles. The van der Waals surface area contributed by atoms with E-state index in [2.05, 4.69) is 0 Å². The number of primary sulfonamides is 1. The van der Waals surface area contributed by atoms with E-state index in [1.54, 1.807) is 6.92 Å². The van der Waals surface area contributed by atoms with E-state index in [1.165, 1.54) is 5.38 Å². The number of nitrogens with two attached hydrogens (primary N) is 1. The number of carbonyl (C=O) groups excluding carboxylic acids is 1. The minimum absolute atomic E-state index is 0.0101. The van der Waals surface area contributed by atoms with E-state index < -0.39 is 16.0 Å². The van der Waals surface area contributed by atoms with Crippen LogP contribution in [0, 0.1) is 6.92 Å². The van der Waals surface area contributed by atoms with Crippen LogP contribution >= 0.6 is 11.3 Å². The van der Waals surface area contributed by atoms with Gasteiger partial charge in [0.05, 0.1) is 12.2 Å². The molecule has 0 fully saturated rings. The van der Waals surface area contributed by atoms with Crippen LogP contribution in [-0.2, 0) is 14.8 Å². The second-order valence-corrected chi connectivity index (χ2v) is 5.88. The molecule has 90 valence electrons. The molecule has 7 heteroatoms. The first kappa shape index (κ1) is 13.1. The van der Waals surface area contributed by atoms with E-state index in [9.17, 15) is 13.2 Å². The van der Waals surface area contributed by atoms with Gasteiger partial charge >= 0.3 is 5.97 Å². The van der Waals surface area contributed by atoms with Gasteiger partial charge in [-0.05, 0) is 18.9 Å². The lowest BCUT2D eigenvalue weighted by atomic mass is 10.2. The van der Waals surface area contributed by atoms with Gasteiger partial charge in [-0.1, -0.05) is 6.92 Å². The maximum atomic E-state index is 11.5. The molecule has 0 spiro atoms. The molecule has 0 saturated heterocycles. The van der Waals surface area contributed by atoms with Crippen LogP contribution in [0.1, 0.15) is 29.3 Å². The lowest BCUT2D eigenvalue weighted by molar-refractivity contribution is 0.0505. The first-order valence-corrected chi connectivity index (χ1v) is 7.08. The fourth-order valence-electron chi connectivity index (χ4n) is 1.15. The molecule has 0 saturated carbocycles. The molecular formula is C9H13NO4S2. The van der Waals surface area contributed by atoms with Crippen LogP contribution in [0.5, 0.6) is 0 Å². The van der Waals surface area contributed by atoms with Crippen LogP contribution < -0.4 is 5.14 Å². The van der Waals surface area contributed by atoms with Crippen LogP contribution in [0.4, 0.5) is 0 Å². The number of hydrogen-bond acceptors (Lipinski definition) is 5. The number of esters is 1. The molecule has 2 N–H and O–H groups in total. The topological polar surface area (TPSA) is 86.5 Å². The highest BCUT2D eigenvalue weighted by Crippen LogP contribution is 2.25. The summed E-state index contributed by atoms with van der Waals surface area (Å²) in [6.45, 7) is 3.74. The SMILES string of the molecule is CCCOC(=O)c1csc(S(N)(=O)=O)c1C. The van der Waals surface area contributed by atoms with Crippen molar-refractivity contribution < 1.29 is 17.9 Å². The molecule has 0 aliphatic rings. The zero-order valence-electron chi connectivity index (χ0n) is 9.02. The van der Waals surface area contributed by atoms with Crippen LogP contribution in [-0.4, -0.2) is 21.0 Å². The molecule has 0 unspecified atom stereocenters. The summed E-state index contributed by atoms with van der Waals surface area (Å²) in [6.07, 6.45) is 0.719. The monoisotopic (exact) mass is 263 g/mol. The number of hydrogen-bond donors (Lipinski definition) is 1. The fourth-order valence-corrected chi connectivity index (χ4v) is 3.16. The van der Waals surface area contributed by atoms with Crippen LogP contribution in [0.3, 0.4) is 0 Å². The van der Waals surface area contributed by atoms with Gasteiger partial charge in [-0.25, -0.2) is 18.4 Å². The Morgan fingerprint density at radius 1 is 1.56 bits per heavy atom. The van der Waals surface area contributed by atoms with Gasteiger partial charge in [-0.15, -0.1) is 11.3 Å². The highest BCUT2D eigenvalue weighted by molar-refractivity contribution is 7.91. The van der Waals surface area contributed by atoms with Crippen LogP contribution in [0.15, 0.2) is 9.59 Å². The first-order chi connectivity index (χ1) is 7.38. The molecule has 0 aromatic carbocycles. The molecule has 1 rings (SSSR count). The molecule has 16 heavy (non-hydrogen) atoms. The lowest BCUT2D eigenvalue weighted by Gasteiger charge is -2.02. The summed E-state index contributed by atoms with van der Waals surface area (Å²) in [4.78, 5) is 11.5. The summed E-state index contributed by atoms with van der Waals surface area (Å²) >= 11 is 0.931. The van der Waals surface area contributed by atoms with Crippen molar-refractivity contribution in [1.29, 1.82) is 0 Å². The standard InChI is InChI=1S/C9H13NO4S2/c1-3-4-14-8(11)7-5-15-9(6(7)2)16(10,12)13/h5H,3-4H2,1-2H3,(H2,10,12,13). The van der Waals surface area contributed by atoms with Gasteiger partial charge < -0.3 is 4.74 Å². The Hall–Kier alpha value is -0.920. The van der Waals surface area contributed by atoms with E-state index in [1.807, 2.05) is 6.92 Å². The molecule has 1 aromatic rings. The van der Waals surface area contributed by atoms with Crippen LogP contribution in [0.25, 0.3) is 0 Å². The predicted octanol–water partition coefficient (Wildman–Crippen LogP) is 1.27. The zero-order chi connectivity index (χ0) is 12.3. The largest absolute Gasteiger partial charge is 0.462 e. The van der Waals surface area contributed by atoms with E-state index >= 15 is 0 Å². The Balaban J connectivity index is 3.01. The summed E-state index contributed by atoms with van der Waals surface area (Å²) < 4.78 is 27.2. The maximum absolute atomic E-state index is 11.5. The Bertz CT molecular complexity index is 490. The third kappa shape index (κ3) is 2.81. The Morgan fingerprint density at radius 2 is 2.19 bits per heavy atom. The molecule has 0 radical (unpaired) electrons. The normalized spacial score (nSPS) is 11.4. The minimum atomic E-state index is -3.76. The Morgan fingerprint density at radius 3 is 2.62 bits per heavy atom. The Labute approximate surface area is 98.3 Å². The molecular weight excluding hydrogens is 250 g/mol. The summed E-state index contributed by atoms with van der Waals surface area (Å²) in [5.41, 5.74) is 0.621. The van der Waals surface area contributed by atoms with Crippen molar-refractivity contribution in [2.75, 3.05) is 6.61 Å². The second-order valence-electron chi connectivity index (χ2n) is 3.24. The van der Waals surface area contributed by atoms with Crippen molar-refractivity contribution in [3.05, 3.63) is 16.5 Å². The average Bonchev–Trinajstić information content (AvgIpc) is 2.56. The van der Waals surface area contributed by atoms with Gasteiger partial charge in [0.25, 0.3) is 0 Å². The van der Waals surface area contributed by atoms with Crippen molar-refractivity contribution in [1.82, 2.24) is 0 Å². The molecule has 0 bridgehead atoms. The van der Waals surface area contributed by atoms with Gasteiger partial charge in [0.15, 0.2) is 0 Å². The minimum Gasteiger partial charge on any atom is -0.462 e. The summed E-state index contributed by atoms with van der Waals surface area (Å²) in [5, 5.41) is 6.45. The molecule has 0 amide bonds. The van der Waals surface area contributed by atoms with Gasteiger partial charge in [0.1, 0.15) is 4.21 Å². The van der Waals surface area contributed by atoms with Gasteiger partial charge in [-0.2, -0.15) is 0 Å².